The van der Waals surface area contributed by atoms with Gasteiger partial charge in [-0.05, 0) is 35.9 Å². The molecule has 0 bridgehead atoms. The molecule has 3 aromatic rings. The Kier molecular flexibility index (Phi) is 3.59. The van der Waals surface area contributed by atoms with E-state index in [1.165, 1.54) is 11.1 Å². The molecule has 0 saturated carbocycles. The first kappa shape index (κ1) is 16.5. The van der Waals surface area contributed by atoms with Gasteiger partial charge in [-0.2, -0.15) is 0 Å². The predicted octanol–water partition coefficient (Wildman–Crippen LogP) is 5.83. The number of halogens is 1. The van der Waals surface area contributed by atoms with Crippen molar-refractivity contribution in [3.05, 3.63) is 82.3 Å². The average molecular weight is 420 g/mol. The van der Waals surface area contributed by atoms with Crippen molar-refractivity contribution >= 4 is 27.7 Å². The molecule has 0 amide bonds. The van der Waals surface area contributed by atoms with Crippen molar-refractivity contribution in [3.8, 4) is 22.6 Å². The van der Waals surface area contributed by atoms with Crippen LogP contribution in [0.4, 0.5) is 5.69 Å². The number of anilines is 1. The van der Waals surface area contributed by atoms with Gasteiger partial charge in [-0.15, -0.1) is 0 Å². The van der Waals surface area contributed by atoms with Crippen LogP contribution in [0.2, 0.25) is 0 Å². The van der Waals surface area contributed by atoms with E-state index in [9.17, 15) is 0 Å². The third-order valence-electron chi connectivity index (χ3n) is 5.38. The van der Waals surface area contributed by atoms with Crippen LogP contribution in [0.5, 0.6) is 11.5 Å². The van der Waals surface area contributed by atoms with Gasteiger partial charge in [-0.1, -0.05) is 58.4 Å². The number of fused-ring (bicyclic) bond motifs is 5. The molecule has 2 aliphatic rings. The lowest BCUT2D eigenvalue weighted by Gasteiger charge is -2.47. The van der Waals surface area contributed by atoms with Crippen LogP contribution in [0.25, 0.3) is 17.2 Å². The molecule has 1 atom stereocenters. The lowest BCUT2D eigenvalue weighted by atomic mass is 9.84. The molecule has 0 aromatic heterocycles. The molecule has 2 aliphatic heterocycles. The minimum atomic E-state index is -0.723. The number of nitrogens with zero attached hydrogens (tertiary/aromatic N) is 1. The average Bonchev–Trinajstić information content (AvgIpc) is 2.72. The third kappa shape index (κ3) is 2.26. The SMILES string of the molecule is COc1cc(Br)cc2c1O[C@]1(C=C2)c2ccccc2-c2ccccc2N1C. The molecule has 0 fully saturated rings. The fourth-order valence-electron chi connectivity index (χ4n) is 4.07. The number of rotatable bonds is 1. The molecule has 134 valence electrons. The Bertz CT molecular complexity index is 1090. The summed E-state index contributed by atoms with van der Waals surface area (Å²) in [4.78, 5) is 2.20. The van der Waals surface area contributed by atoms with Crippen molar-refractivity contribution in [2.45, 2.75) is 5.72 Å². The maximum absolute atomic E-state index is 6.73. The van der Waals surface area contributed by atoms with Gasteiger partial charge in [0.05, 0.1) is 7.11 Å². The maximum atomic E-state index is 6.73. The largest absolute Gasteiger partial charge is 0.493 e. The van der Waals surface area contributed by atoms with Crippen molar-refractivity contribution in [2.75, 3.05) is 19.1 Å². The van der Waals surface area contributed by atoms with Crippen molar-refractivity contribution < 1.29 is 9.47 Å². The summed E-state index contributed by atoms with van der Waals surface area (Å²) in [7, 11) is 3.75. The summed E-state index contributed by atoms with van der Waals surface area (Å²) in [6, 6.07) is 20.9. The molecule has 0 N–H and O–H groups in total. The van der Waals surface area contributed by atoms with Crippen LogP contribution in [-0.4, -0.2) is 14.2 Å². The molecule has 3 aromatic carbocycles. The monoisotopic (exact) mass is 419 g/mol. The quantitative estimate of drug-likeness (QED) is 0.494. The van der Waals surface area contributed by atoms with E-state index in [0.717, 1.165) is 27.0 Å². The van der Waals surface area contributed by atoms with Crippen molar-refractivity contribution in [3.63, 3.8) is 0 Å². The Labute approximate surface area is 167 Å². The lowest BCUT2D eigenvalue weighted by Crippen LogP contribution is -2.50. The molecule has 1 spiro atoms. The third-order valence-corrected chi connectivity index (χ3v) is 5.84. The van der Waals surface area contributed by atoms with Crippen molar-refractivity contribution in [1.29, 1.82) is 0 Å². The zero-order valence-electron chi connectivity index (χ0n) is 15.1. The first-order valence-corrected chi connectivity index (χ1v) is 9.62. The minimum absolute atomic E-state index is 0.716. The molecule has 0 unspecified atom stereocenters. The molecule has 4 heteroatoms. The van der Waals surface area contributed by atoms with Gasteiger partial charge < -0.3 is 14.4 Å². The summed E-state index contributed by atoms with van der Waals surface area (Å²) in [5, 5.41) is 0. The van der Waals surface area contributed by atoms with E-state index in [1.54, 1.807) is 7.11 Å². The van der Waals surface area contributed by atoms with E-state index < -0.39 is 5.72 Å². The molecule has 2 heterocycles. The smallest absolute Gasteiger partial charge is 0.229 e. The zero-order valence-corrected chi connectivity index (χ0v) is 16.7. The number of benzene rings is 3. The van der Waals surface area contributed by atoms with Gasteiger partial charge in [0.1, 0.15) is 0 Å². The summed E-state index contributed by atoms with van der Waals surface area (Å²) in [5.74, 6) is 1.47. The fraction of sp³-hybridized carbons (Fsp3) is 0.130. The Balaban J connectivity index is 1.77. The van der Waals surface area contributed by atoms with E-state index in [0.29, 0.717) is 5.75 Å². The first-order chi connectivity index (χ1) is 13.1. The van der Waals surface area contributed by atoms with Crippen LogP contribution in [0.15, 0.2) is 71.2 Å². The highest BCUT2D eigenvalue weighted by atomic mass is 79.9. The summed E-state index contributed by atoms with van der Waals surface area (Å²) >= 11 is 3.55. The topological polar surface area (TPSA) is 21.7 Å². The van der Waals surface area contributed by atoms with Gasteiger partial charge >= 0.3 is 0 Å². The van der Waals surface area contributed by atoms with Crippen molar-refractivity contribution in [1.82, 2.24) is 0 Å². The molecule has 5 rings (SSSR count). The maximum Gasteiger partial charge on any atom is 0.229 e. The zero-order chi connectivity index (χ0) is 18.6. The van der Waals surface area contributed by atoms with E-state index in [2.05, 4.69) is 88.6 Å². The minimum Gasteiger partial charge on any atom is -0.493 e. The second kappa shape index (κ2) is 5.89. The number of likely N-dealkylation sites (N-methyl/N-ethyl adjacent to an activating group) is 1. The Morgan fingerprint density at radius 1 is 1.00 bits per heavy atom. The Morgan fingerprint density at radius 2 is 1.74 bits per heavy atom. The van der Waals surface area contributed by atoms with E-state index >= 15 is 0 Å². The van der Waals surface area contributed by atoms with Crippen LogP contribution in [0, 0.1) is 0 Å². The van der Waals surface area contributed by atoms with E-state index in [-0.39, 0.29) is 0 Å². The first-order valence-electron chi connectivity index (χ1n) is 8.82. The number of ether oxygens (including phenoxy) is 2. The normalized spacial score (nSPS) is 19.1. The number of hydrogen-bond acceptors (Lipinski definition) is 3. The number of methoxy groups -OCH3 is 1. The van der Waals surface area contributed by atoms with Crippen molar-refractivity contribution in [2.24, 2.45) is 0 Å². The second-order valence-electron chi connectivity index (χ2n) is 6.78. The van der Waals surface area contributed by atoms with E-state index in [4.69, 9.17) is 9.47 Å². The summed E-state index contributed by atoms with van der Waals surface area (Å²) in [5.41, 5.74) is 4.94. The predicted molar refractivity (Wildman–Crippen MR) is 112 cm³/mol. The summed E-state index contributed by atoms with van der Waals surface area (Å²) in [6.45, 7) is 0. The van der Waals surface area contributed by atoms with Gasteiger partial charge in [-0.25, -0.2) is 0 Å². The Morgan fingerprint density at radius 3 is 2.56 bits per heavy atom. The highest BCUT2D eigenvalue weighted by molar-refractivity contribution is 9.10. The second-order valence-corrected chi connectivity index (χ2v) is 7.70. The van der Waals surface area contributed by atoms with Gasteiger partial charge in [-0.3, -0.25) is 0 Å². The molecule has 0 aliphatic carbocycles. The van der Waals surface area contributed by atoms with Gasteiger partial charge in [0.15, 0.2) is 11.5 Å². The van der Waals surface area contributed by atoms with Crippen LogP contribution >= 0.6 is 15.9 Å². The van der Waals surface area contributed by atoms with Crippen LogP contribution in [0.3, 0.4) is 0 Å². The standard InChI is InChI=1S/C23H18BrNO2/c1-25-20-10-6-4-8-18(20)17-7-3-5-9-19(17)23(25)12-11-15-13-16(24)14-21(26-2)22(15)27-23/h3-14H,1-2H3/t23-/m1/s1. The molecule has 0 saturated heterocycles. The highest BCUT2D eigenvalue weighted by Gasteiger charge is 2.45. The summed E-state index contributed by atoms with van der Waals surface area (Å²) < 4.78 is 13.3. The highest BCUT2D eigenvalue weighted by Crippen LogP contribution is 2.52. The van der Waals surface area contributed by atoms with Crippen LogP contribution in [-0.2, 0) is 5.72 Å². The Hall–Kier alpha value is -2.72. The van der Waals surface area contributed by atoms with Crippen LogP contribution in [0.1, 0.15) is 11.1 Å². The molecule has 0 radical (unpaired) electrons. The lowest BCUT2D eigenvalue weighted by molar-refractivity contribution is 0.111. The van der Waals surface area contributed by atoms with Crippen LogP contribution < -0.4 is 14.4 Å². The molecule has 27 heavy (non-hydrogen) atoms. The fourth-order valence-corrected chi connectivity index (χ4v) is 4.53. The summed E-state index contributed by atoms with van der Waals surface area (Å²) in [6.07, 6.45) is 4.25. The molecule has 3 nitrogen and oxygen atoms in total. The molecular formula is C23H18BrNO2. The molecular weight excluding hydrogens is 402 g/mol. The van der Waals surface area contributed by atoms with E-state index in [1.807, 2.05) is 12.1 Å². The van der Waals surface area contributed by atoms with Gasteiger partial charge in [0.2, 0.25) is 5.72 Å². The number of hydrogen-bond donors (Lipinski definition) is 0. The van der Waals surface area contributed by atoms with Gasteiger partial charge in [0, 0.05) is 33.9 Å². The van der Waals surface area contributed by atoms with Gasteiger partial charge in [0.25, 0.3) is 0 Å². The number of para-hydroxylation sites is 1.